The molecule has 0 aliphatic carbocycles. The van der Waals surface area contributed by atoms with E-state index in [1.165, 1.54) is 0 Å². The molecule has 0 saturated heterocycles. The number of benzene rings is 1. The van der Waals surface area contributed by atoms with Crippen molar-refractivity contribution in [1.29, 1.82) is 0 Å². The summed E-state index contributed by atoms with van der Waals surface area (Å²) in [6.07, 6.45) is 1.94. The third-order valence-electron chi connectivity index (χ3n) is 2.52. The Hall–Kier alpha value is -1.75. The Bertz CT molecular complexity index is 653. The lowest BCUT2D eigenvalue weighted by molar-refractivity contribution is 1.31. The number of imidazole rings is 1. The molecule has 0 atom stereocenters. The molecule has 80 valence electrons. The number of fused-ring (bicyclic) bond motifs is 1. The number of para-hydroxylation sites is 1. The fourth-order valence-corrected chi connectivity index (χ4v) is 2.32. The molecular weight excluding hydrogens is 268 g/mol. The zero-order valence-corrected chi connectivity index (χ0v) is 9.88. The van der Waals surface area contributed by atoms with Crippen molar-refractivity contribution in [3.63, 3.8) is 0 Å². The first-order valence-electron chi connectivity index (χ1n) is 4.83. The minimum absolute atomic E-state index is 0.409. The molecule has 5 heteroatoms. The van der Waals surface area contributed by atoms with E-state index in [9.17, 15) is 0 Å². The lowest BCUT2D eigenvalue weighted by Crippen LogP contribution is -1.85. The van der Waals surface area contributed by atoms with Gasteiger partial charge in [-0.15, -0.1) is 0 Å². The summed E-state index contributed by atoms with van der Waals surface area (Å²) >= 11 is 3.41. The second kappa shape index (κ2) is 3.38. The van der Waals surface area contributed by atoms with Gasteiger partial charge in [0.05, 0.1) is 0 Å². The van der Waals surface area contributed by atoms with Crippen LogP contribution in [0.1, 0.15) is 0 Å². The van der Waals surface area contributed by atoms with Crippen molar-refractivity contribution in [2.24, 2.45) is 0 Å². The minimum atomic E-state index is 0.409. The number of nitrogens with zero attached hydrogens (tertiary/aromatic N) is 1. The first-order valence-corrected chi connectivity index (χ1v) is 5.62. The number of anilines is 1. The molecule has 4 N–H and O–H groups in total. The van der Waals surface area contributed by atoms with Crippen LogP contribution in [-0.4, -0.2) is 15.0 Å². The number of aromatic amines is 2. The Morgan fingerprint density at radius 1 is 1.25 bits per heavy atom. The summed E-state index contributed by atoms with van der Waals surface area (Å²) < 4.78 is 0.801. The van der Waals surface area contributed by atoms with Gasteiger partial charge in [-0.05, 0) is 22.0 Å². The van der Waals surface area contributed by atoms with Gasteiger partial charge in [0.1, 0.15) is 10.3 Å². The molecular formula is C11H9BrN4. The maximum absolute atomic E-state index is 5.62. The molecule has 1 aromatic carbocycles. The summed E-state index contributed by atoms with van der Waals surface area (Å²) in [5.74, 6) is 0.409. The van der Waals surface area contributed by atoms with Crippen molar-refractivity contribution in [1.82, 2.24) is 15.0 Å². The topological polar surface area (TPSA) is 70.5 Å². The highest BCUT2D eigenvalue weighted by atomic mass is 79.9. The standard InChI is InChI=1S/C11H9BrN4/c12-10-9(15-11(13)16-10)7-5-14-8-4-2-1-3-6(7)8/h1-5,14H,(H3,13,15,16). The molecule has 0 aliphatic rings. The SMILES string of the molecule is Nc1nc(-c2c[nH]c3ccccc23)c(Br)[nH]1. The van der Waals surface area contributed by atoms with Crippen LogP contribution >= 0.6 is 15.9 Å². The first kappa shape index (κ1) is 9.47. The van der Waals surface area contributed by atoms with Gasteiger partial charge in [0.15, 0.2) is 5.95 Å². The average Bonchev–Trinajstić information content (AvgIpc) is 2.81. The van der Waals surface area contributed by atoms with Crippen molar-refractivity contribution in [2.45, 2.75) is 0 Å². The predicted molar refractivity (Wildman–Crippen MR) is 68.0 cm³/mol. The maximum atomic E-state index is 5.62. The smallest absolute Gasteiger partial charge is 0.198 e. The molecule has 3 rings (SSSR count). The summed E-state index contributed by atoms with van der Waals surface area (Å²) in [7, 11) is 0. The number of nitrogens with two attached hydrogens (primary N) is 1. The molecule has 16 heavy (non-hydrogen) atoms. The number of hydrogen-bond donors (Lipinski definition) is 3. The van der Waals surface area contributed by atoms with Crippen molar-refractivity contribution in [2.75, 3.05) is 5.73 Å². The summed E-state index contributed by atoms with van der Waals surface area (Å²) in [5, 5.41) is 1.13. The normalized spacial score (nSPS) is 11.1. The molecule has 0 spiro atoms. The number of hydrogen-bond acceptors (Lipinski definition) is 2. The highest BCUT2D eigenvalue weighted by Gasteiger charge is 2.12. The van der Waals surface area contributed by atoms with E-state index in [1.807, 2.05) is 24.4 Å². The fraction of sp³-hybridized carbons (Fsp3) is 0. The Kier molecular flexibility index (Phi) is 2.00. The van der Waals surface area contributed by atoms with E-state index in [2.05, 4.69) is 36.9 Å². The van der Waals surface area contributed by atoms with Crippen LogP contribution in [0.25, 0.3) is 22.2 Å². The number of rotatable bonds is 1. The summed E-state index contributed by atoms with van der Waals surface area (Å²) in [6, 6.07) is 8.08. The summed E-state index contributed by atoms with van der Waals surface area (Å²) in [6.45, 7) is 0. The van der Waals surface area contributed by atoms with Crippen molar-refractivity contribution in [3.8, 4) is 11.3 Å². The Balaban J connectivity index is 2.30. The van der Waals surface area contributed by atoms with Crippen LogP contribution < -0.4 is 5.73 Å². The van der Waals surface area contributed by atoms with E-state index >= 15 is 0 Å². The van der Waals surface area contributed by atoms with Crippen LogP contribution in [0.3, 0.4) is 0 Å². The third kappa shape index (κ3) is 1.32. The van der Waals surface area contributed by atoms with E-state index in [0.29, 0.717) is 5.95 Å². The maximum Gasteiger partial charge on any atom is 0.198 e. The second-order valence-corrected chi connectivity index (χ2v) is 4.33. The Morgan fingerprint density at radius 3 is 2.81 bits per heavy atom. The first-order chi connectivity index (χ1) is 7.75. The molecule has 0 fully saturated rings. The third-order valence-corrected chi connectivity index (χ3v) is 3.10. The van der Waals surface area contributed by atoms with E-state index in [1.54, 1.807) is 0 Å². The van der Waals surface area contributed by atoms with Gasteiger partial charge < -0.3 is 15.7 Å². The van der Waals surface area contributed by atoms with Gasteiger partial charge >= 0.3 is 0 Å². The number of aromatic nitrogens is 3. The number of nitrogens with one attached hydrogen (secondary N) is 2. The van der Waals surface area contributed by atoms with Crippen LogP contribution in [0, 0.1) is 0 Å². The highest BCUT2D eigenvalue weighted by molar-refractivity contribution is 9.10. The van der Waals surface area contributed by atoms with Crippen molar-refractivity contribution >= 4 is 32.8 Å². The van der Waals surface area contributed by atoms with Gasteiger partial charge in [-0.25, -0.2) is 4.98 Å². The van der Waals surface area contributed by atoms with Crippen LogP contribution in [0.5, 0.6) is 0 Å². The van der Waals surface area contributed by atoms with Crippen molar-refractivity contribution in [3.05, 3.63) is 35.1 Å². The average molecular weight is 277 g/mol. The molecule has 0 unspecified atom stereocenters. The molecule has 0 radical (unpaired) electrons. The Morgan fingerprint density at radius 2 is 2.06 bits per heavy atom. The van der Waals surface area contributed by atoms with E-state index in [-0.39, 0.29) is 0 Å². The molecule has 3 aromatic rings. The highest BCUT2D eigenvalue weighted by Crippen LogP contribution is 2.32. The number of H-pyrrole nitrogens is 2. The quantitative estimate of drug-likeness (QED) is 0.640. The second-order valence-electron chi connectivity index (χ2n) is 3.53. The van der Waals surface area contributed by atoms with Gasteiger partial charge in [-0.3, -0.25) is 0 Å². The van der Waals surface area contributed by atoms with Crippen LogP contribution in [0.4, 0.5) is 5.95 Å². The summed E-state index contributed by atoms with van der Waals surface area (Å²) in [4.78, 5) is 10.4. The molecule has 0 saturated carbocycles. The predicted octanol–water partition coefficient (Wildman–Crippen LogP) is 2.90. The lowest BCUT2D eigenvalue weighted by atomic mass is 10.1. The van der Waals surface area contributed by atoms with Gasteiger partial charge in [0, 0.05) is 22.7 Å². The van der Waals surface area contributed by atoms with Crippen LogP contribution in [0.2, 0.25) is 0 Å². The zero-order valence-electron chi connectivity index (χ0n) is 8.29. The molecule has 0 bridgehead atoms. The molecule has 2 aromatic heterocycles. The molecule has 0 amide bonds. The van der Waals surface area contributed by atoms with Gasteiger partial charge in [0.2, 0.25) is 0 Å². The monoisotopic (exact) mass is 276 g/mol. The van der Waals surface area contributed by atoms with Gasteiger partial charge in [0.25, 0.3) is 0 Å². The lowest BCUT2D eigenvalue weighted by Gasteiger charge is -1.94. The van der Waals surface area contributed by atoms with E-state index < -0.39 is 0 Å². The molecule has 4 nitrogen and oxygen atoms in total. The number of nitrogen functional groups attached to an aromatic ring is 1. The van der Waals surface area contributed by atoms with Crippen molar-refractivity contribution < 1.29 is 0 Å². The zero-order chi connectivity index (χ0) is 11.1. The molecule has 2 heterocycles. The van der Waals surface area contributed by atoms with E-state index in [4.69, 9.17) is 5.73 Å². The summed E-state index contributed by atoms with van der Waals surface area (Å²) in [5.41, 5.74) is 8.58. The Labute approximate surface area is 100 Å². The molecule has 0 aliphatic heterocycles. The number of halogens is 1. The van der Waals surface area contributed by atoms with Crippen LogP contribution in [0.15, 0.2) is 35.1 Å². The minimum Gasteiger partial charge on any atom is -0.369 e. The van der Waals surface area contributed by atoms with E-state index in [0.717, 1.165) is 26.8 Å². The van der Waals surface area contributed by atoms with Crippen LogP contribution in [-0.2, 0) is 0 Å². The van der Waals surface area contributed by atoms with Gasteiger partial charge in [-0.2, -0.15) is 0 Å². The fourth-order valence-electron chi connectivity index (χ4n) is 1.82. The van der Waals surface area contributed by atoms with Gasteiger partial charge in [-0.1, -0.05) is 18.2 Å². The largest absolute Gasteiger partial charge is 0.369 e.